The molecule has 14 heavy (non-hydrogen) atoms. The van der Waals surface area contributed by atoms with Gasteiger partial charge in [0, 0.05) is 7.05 Å². The summed E-state index contributed by atoms with van der Waals surface area (Å²) in [5.74, 6) is -0.919. The van der Waals surface area contributed by atoms with E-state index in [1.165, 1.54) is 19.2 Å². The maximum Gasteiger partial charge on any atom is 0.253 e. The molecule has 0 fully saturated rings. The SMILES string of the molecule is CNC(=O)c1ccc(CCN)cc1F. The smallest absolute Gasteiger partial charge is 0.253 e. The molecule has 0 atom stereocenters. The molecule has 0 saturated heterocycles. The minimum Gasteiger partial charge on any atom is -0.355 e. The predicted molar refractivity (Wildman–Crippen MR) is 52.5 cm³/mol. The van der Waals surface area contributed by atoms with Crippen LogP contribution in [0.4, 0.5) is 4.39 Å². The van der Waals surface area contributed by atoms with Crippen LogP contribution in [0.2, 0.25) is 0 Å². The van der Waals surface area contributed by atoms with Crippen LogP contribution in [0.3, 0.4) is 0 Å². The zero-order valence-electron chi connectivity index (χ0n) is 8.01. The fraction of sp³-hybridized carbons (Fsp3) is 0.300. The van der Waals surface area contributed by atoms with Gasteiger partial charge in [-0.3, -0.25) is 4.79 Å². The highest BCUT2D eigenvalue weighted by molar-refractivity contribution is 5.94. The summed E-state index contributed by atoms with van der Waals surface area (Å²) in [6.07, 6.45) is 0.616. The number of hydrogen-bond acceptors (Lipinski definition) is 2. The van der Waals surface area contributed by atoms with E-state index in [1.807, 2.05) is 0 Å². The third-order valence-electron chi connectivity index (χ3n) is 1.94. The van der Waals surface area contributed by atoms with E-state index < -0.39 is 11.7 Å². The van der Waals surface area contributed by atoms with Gasteiger partial charge in [-0.25, -0.2) is 4.39 Å². The van der Waals surface area contributed by atoms with Crippen molar-refractivity contribution in [2.45, 2.75) is 6.42 Å². The molecule has 0 aliphatic heterocycles. The molecule has 0 unspecified atom stereocenters. The minimum atomic E-state index is -0.504. The normalized spacial score (nSPS) is 9.93. The topological polar surface area (TPSA) is 55.1 Å². The number of nitrogens with one attached hydrogen (secondary N) is 1. The van der Waals surface area contributed by atoms with Crippen molar-refractivity contribution in [3.8, 4) is 0 Å². The van der Waals surface area contributed by atoms with Crippen molar-refractivity contribution in [1.29, 1.82) is 0 Å². The van der Waals surface area contributed by atoms with Crippen LogP contribution < -0.4 is 11.1 Å². The molecule has 1 aromatic rings. The van der Waals surface area contributed by atoms with Gasteiger partial charge in [0.25, 0.3) is 5.91 Å². The molecule has 0 aromatic heterocycles. The molecule has 3 nitrogen and oxygen atoms in total. The van der Waals surface area contributed by atoms with E-state index in [0.29, 0.717) is 13.0 Å². The molecule has 1 aromatic carbocycles. The number of benzene rings is 1. The summed E-state index contributed by atoms with van der Waals surface area (Å²) in [5, 5.41) is 2.37. The van der Waals surface area contributed by atoms with Crippen LogP contribution in [0.15, 0.2) is 18.2 Å². The number of carbonyl (C=O) groups is 1. The van der Waals surface area contributed by atoms with Gasteiger partial charge in [0.2, 0.25) is 0 Å². The maximum absolute atomic E-state index is 13.3. The summed E-state index contributed by atoms with van der Waals surface area (Å²) >= 11 is 0. The Kier molecular flexibility index (Phi) is 3.59. The lowest BCUT2D eigenvalue weighted by molar-refractivity contribution is 0.0959. The first-order valence-electron chi connectivity index (χ1n) is 4.39. The van der Waals surface area contributed by atoms with Crippen molar-refractivity contribution >= 4 is 5.91 Å². The third kappa shape index (κ3) is 2.29. The first-order valence-corrected chi connectivity index (χ1v) is 4.39. The number of amides is 1. The van der Waals surface area contributed by atoms with E-state index in [9.17, 15) is 9.18 Å². The molecular formula is C10H13FN2O. The van der Waals surface area contributed by atoms with Crippen LogP contribution in [0.25, 0.3) is 0 Å². The van der Waals surface area contributed by atoms with Crippen LogP contribution in [0.1, 0.15) is 15.9 Å². The van der Waals surface area contributed by atoms with Gasteiger partial charge in [0.15, 0.2) is 0 Å². The average Bonchev–Trinajstić information content (AvgIpc) is 2.17. The van der Waals surface area contributed by atoms with Crippen molar-refractivity contribution in [3.63, 3.8) is 0 Å². The summed E-state index contributed by atoms with van der Waals surface area (Å²) in [6, 6.07) is 4.52. The van der Waals surface area contributed by atoms with Gasteiger partial charge in [0.05, 0.1) is 5.56 Å². The Labute approximate surface area is 82.1 Å². The van der Waals surface area contributed by atoms with Gasteiger partial charge in [-0.15, -0.1) is 0 Å². The van der Waals surface area contributed by atoms with Gasteiger partial charge in [-0.05, 0) is 30.7 Å². The number of carbonyl (C=O) groups excluding carboxylic acids is 1. The zero-order chi connectivity index (χ0) is 10.6. The Morgan fingerprint density at radius 2 is 2.29 bits per heavy atom. The van der Waals surface area contributed by atoms with Crippen molar-refractivity contribution in [3.05, 3.63) is 35.1 Å². The van der Waals surface area contributed by atoms with Gasteiger partial charge in [0.1, 0.15) is 5.82 Å². The highest BCUT2D eigenvalue weighted by Gasteiger charge is 2.09. The lowest BCUT2D eigenvalue weighted by Gasteiger charge is -2.03. The molecule has 4 heteroatoms. The highest BCUT2D eigenvalue weighted by Crippen LogP contribution is 2.10. The molecule has 0 aliphatic carbocycles. The van der Waals surface area contributed by atoms with E-state index in [1.54, 1.807) is 6.07 Å². The molecular weight excluding hydrogens is 183 g/mol. The van der Waals surface area contributed by atoms with E-state index in [4.69, 9.17) is 5.73 Å². The Hall–Kier alpha value is -1.42. The summed E-state index contributed by atoms with van der Waals surface area (Å²) in [6.45, 7) is 0.471. The monoisotopic (exact) mass is 196 g/mol. The largest absolute Gasteiger partial charge is 0.355 e. The summed E-state index contributed by atoms with van der Waals surface area (Å²) in [4.78, 5) is 11.1. The Morgan fingerprint density at radius 1 is 1.57 bits per heavy atom. The maximum atomic E-state index is 13.3. The predicted octanol–water partition coefficient (Wildman–Crippen LogP) is 0.687. The Bertz CT molecular complexity index is 339. The lowest BCUT2D eigenvalue weighted by atomic mass is 10.1. The fourth-order valence-electron chi connectivity index (χ4n) is 1.20. The molecule has 0 heterocycles. The molecule has 0 saturated carbocycles. The van der Waals surface area contributed by atoms with E-state index in [0.717, 1.165) is 5.56 Å². The van der Waals surface area contributed by atoms with Gasteiger partial charge >= 0.3 is 0 Å². The highest BCUT2D eigenvalue weighted by atomic mass is 19.1. The second-order valence-electron chi connectivity index (χ2n) is 2.93. The molecule has 76 valence electrons. The van der Waals surface area contributed by atoms with Crippen LogP contribution in [-0.2, 0) is 6.42 Å². The molecule has 0 aliphatic rings. The van der Waals surface area contributed by atoms with Crippen molar-refractivity contribution < 1.29 is 9.18 Å². The molecule has 0 radical (unpaired) electrons. The standard InChI is InChI=1S/C10H13FN2O/c1-13-10(14)8-3-2-7(4-5-12)6-9(8)11/h2-3,6H,4-5,12H2,1H3,(H,13,14). The van der Waals surface area contributed by atoms with E-state index in [-0.39, 0.29) is 5.56 Å². The van der Waals surface area contributed by atoms with Crippen molar-refractivity contribution in [1.82, 2.24) is 5.32 Å². The summed E-state index contributed by atoms with van der Waals surface area (Å²) in [5.41, 5.74) is 6.20. The van der Waals surface area contributed by atoms with Crippen LogP contribution >= 0.6 is 0 Å². The Morgan fingerprint density at radius 3 is 2.79 bits per heavy atom. The molecule has 1 rings (SSSR count). The fourth-order valence-corrected chi connectivity index (χ4v) is 1.20. The first-order chi connectivity index (χ1) is 6.69. The van der Waals surface area contributed by atoms with Gasteiger partial charge in [-0.1, -0.05) is 6.07 Å². The number of nitrogens with two attached hydrogens (primary N) is 1. The van der Waals surface area contributed by atoms with Crippen LogP contribution in [0, 0.1) is 5.82 Å². The minimum absolute atomic E-state index is 0.0632. The van der Waals surface area contributed by atoms with E-state index in [2.05, 4.69) is 5.32 Å². The number of rotatable bonds is 3. The zero-order valence-corrected chi connectivity index (χ0v) is 8.01. The summed E-state index contributed by atoms with van der Waals surface area (Å²) < 4.78 is 13.3. The Balaban J connectivity index is 2.95. The lowest BCUT2D eigenvalue weighted by Crippen LogP contribution is -2.19. The second kappa shape index (κ2) is 4.72. The second-order valence-corrected chi connectivity index (χ2v) is 2.93. The average molecular weight is 196 g/mol. The molecule has 3 N–H and O–H groups in total. The first kappa shape index (κ1) is 10.7. The molecule has 0 spiro atoms. The molecule has 1 amide bonds. The van der Waals surface area contributed by atoms with E-state index >= 15 is 0 Å². The van der Waals surface area contributed by atoms with Gasteiger partial charge in [-0.2, -0.15) is 0 Å². The number of hydrogen-bond donors (Lipinski definition) is 2. The summed E-state index contributed by atoms with van der Waals surface area (Å²) in [7, 11) is 1.47. The third-order valence-corrected chi connectivity index (χ3v) is 1.94. The van der Waals surface area contributed by atoms with Crippen molar-refractivity contribution in [2.75, 3.05) is 13.6 Å². The van der Waals surface area contributed by atoms with Crippen LogP contribution in [-0.4, -0.2) is 19.5 Å². The van der Waals surface area contributed by atoms with Gasteiger partial charge < -0.3 is 11.1 Å². The van der Waals surface area contributed by atoms with Crippen molar-refractivity contribution in [2.24, 2.45) is 5.73 Å². The quantitative estimate of drug-likeness (QED) is 0.747. The number of halogens is 1. The molecule has 0 bridgehead atoms. The van der Waals surface area contributed by atoms with Crippen LogP contribution in [0.5, 0.6) is 0 Å².